The molecule has 1 aromatic heterocycles. The molecular weight excluding hydrogens is 374 g/mol. The standard InChI is InChI=1S/C20H25N5O4/c1-13(2)19-21-18(22-29-19)17-6-5-11-24(17)14-7-8-16(25(27)28)15(12-14)20(26)23-9-3-4-10-23/h7-8,12-13,17H,3-6,9-11H2,1-2H3. The Balaban J connectivity index is 1.67. The highest BCUT2D eigenvalue weighted by Gasteiger charge is 2.33. The predicted molar refractivity (Wildman–Crippen MR) is 106 cm³/mol. The summed E-state index contributed by atoms with van der Waals surface area (Å²) in [6.45, 7) is 6.05. The van der Waals surface area contributed by atoms with E-state index in [4.69, 9.17) is 4.52 Å². The van der Waals surface area contributed by atoms with Gasteiger partial charge in [0.05, 0.1) is 11.0 Å². The molecule has 0 saturated carbocycles. The fraction of sp³-hybridized carbons (Fsp3) is 0.550. The van der Waals surface area contributed by atoms with Crippen LogP contribution in [0.4, 0.5) is 11.4 Å². The lowest BCUT2D eigenvalue weighted by Gasteiger charge is -2.25. The minimum atomic E-state index is -0.483. The molecule has 0 N–H and O–H groups in total. The molecule has 4 rings (SSSR count). The summed E-state index contributed by atoms with van der Waals surface area (Å²) in [5.74, 6) is 1.10. The largest absolute Gasteiger partial charge is 0.361 e. The van der Waals surface area contributed by atoms with Crippen molar-refractivity contribution in [2.45, 2.75) is 51.5 Å². The molecule has 0 bridgehead atoms. The van der Waals surface area contributed by atoms with Crippen LogP contribution in [0.25, 0.3) is 0 Å². The third-order valence-corrected chi connectivity index (χ3v) is 5.63. The maximum Gasteiger partial charge on any atom is 0.282 e. The van der Waals surface area contributed by atoms with Crippen molar-refractivity contribution in [2.24, 2.45) is 0 Å². The van der Waals surface area contributed by atoms with Gasteiger partial charge in [-0.05, 0) is 37.8 Å². The number of carbonyl (C=O) groups is 1. The zero-order valence-electron chi connectivity index (χ0n) is 16.7. The average Bonchev–Trinajstić information content (AvgIpc) is 3.47. The summed E-state index contributed by atoms with van der Waals surface area (Å²) in [6, 6.07) is 4.73. The Hall–Kier alpha value is -2.97. The molecule has 0 aliphatic carbocycles. The molecule has 0 radical (unpaired) electrons. The van der Waals surface area contributed by atoms with Gasteiger partial charge in [-0.1, -0.05) is 19.0 Å². The van der Waals surface area contributed by atoms with Gasteiger partial charge in [-0.15, -0.1) is 0 Å². The number of anilines is 1. The Morgan fingerprint density at radius 2 is 2.00 bits per heavy atom. The molecule has 2 aliphatic heterocycles. The molecule has 9 nitrogen and oxygen atoms in total. The van der Waals surface area contributed by atoms with E-state index in [1.54, 1.807) is 17.0 Å². The Morgan fingerprint density at radius 1 is 1.24 bits per heavy atom. The van der Waals surface area contributed by atoms with Crippen LogP contribution in [0.5, 0.6) is 0 Å². The first-order valence-corrected chi connectivity index (χ1v) is 10.1. The van der Waals surface area contributed by atoms with E-state index >= 15 is 0 Å². The second-order valence-corrected chi connectivity index (χ2v) is 7.95. The van der Waals surface area contributed by atoms with Crippen LogP contribution in [0.2, 0.25) is 0 Å². The molecule has 3 heterocycles. The van der Waals surface area contributed by atoms with Gasteiger partial charge in [0.25, 0.3) is 11.6 Å². The number of hydrogen-bond acceptors (Lipinski definition) is 7. The topological polar surface area (TPSA) is 106 Å². The van der Waals surface area contributed by atoms with Crippen molar-refractivity contribution in [3.05, 3.63) is 45.6 Å². The van der Waals surface area contributed by atoms with Gasteiger partial charge in [-0.25, -0.2) is 0 Å². The summed E-state index contributed by atoms with van der Waals surface area (Å²) in [4.78, 5) is 32.3. The Bertz CT molecular complexity index is 919. The van der Waals surface area contributed by atoms with Crippen molar-refractivity contribution in [2.75, 3.05) is 24.5 Å². The SMILES string of the molecule is CC(C)c1nc(C2CCCN2c2ccc([N+](=O)[O-])c(C(=O)N3CCCC3)c2)no1. The lowest BCUT2D eigenvalue weighted by molar-refractivity contribution is -0.385. The smallest absolute Gasteiger partial charge is 0.282 e. The highest BCUT2D eigenvalue weighted by Crippen LogP contribution is 2.37. The van der Waals surface area contributed by atoms with Crippen molar-refractivity contribution >= 4 is 17.3 Å². The van der Waals surface area contributed by atoms with Crippen LogP contribution in [-0.4, -0.2) is 45.5 Å². The van der Waals surface area contributed by atoms with E-state index in [0.29, 0.717) is 24.8 Å². The lowest BCUT2D eigenvalue weighted by Crippen LogP contribution is -2.29. The molecule has 1 atom stereocenters. The second kappa shape index (κ2) is 7.81. The number of nitro benzene ring substituents is 1. The van der Waals surface area contributed by atoms with Gasteiger partial charge < -0.3 is 14.3 Å². The summed E-state index contributed by atoms with van der Waals surface area (Å²) in [6.07, 6.45) is 3.68. The highest BCUT2D eigenvalue weighted by atomic mass is 16.6. The number of carbonyl (C=O) groups excluding carboxylic acids is 1. The Labute approximate surface area is 168 Å². The van der Waals surface area contributed by atoms with Gasteiger partial charge in [0.1, 0.15) is 5.56 Å². The number of aromatic nitrogens is 2. The third kappa shape index (κ3) is 3.68. The minimum absolute atomic E-state index is 0.0672. The summed E-state index contributed by atoms with van der Waals surface area (Å²) >= 11 is 0. The maximum atomic E-state index is 12.9. The Kier molecular flexibility index (Phi) is 5.21. The molecule has 0 spiro atoms. The first-order valence-electron chi connectivity index (χ1n) is 10.1. The number of rotatable bonds is 5. The number of hydrogen-bond donors (Lipinski definition) is 0. The number of nitro groups is 1. The van der Waals surface area contributed by atoms with E-state index in [0.717, 1.165) is 37.9 Å². The van der Waals surface area contributed by atoms with E-state index in [-0.39, 0.29) is 29.1 Å². The van der Waals surface area contributed by atoms with E-state index in [9.17, 15) is 14.9 Å². The van der Waals surface area contributed by atoms with Crippen LogP contribution in [0.3, 0.4) is 0 Å². The zero-order valence-corrected chi connectivity index (χ0v) is 16.7. The van der Waals surface area contributed by atoms with Gasteiger partial charge >= 0.3 is 0 Å². The normalized spacial score (nSPS) is 19.3. The molecule has 2 saturated heterocycles. The van der Waals surface area contributed by atoms with Crippen LogP contribution < -0.4 is 4.90 Å². The minimum Gasteiger partial charge on any atom is -0.361 e. The fourth-order valence-electron chi connectivity index (χ4n) is 4.09. The number of benzene rings is 1. The van der Waals surface area contributed by atoms with Crippen molar-refractivity contribution in [3.8, 4) is 0 Å². The lowest BCUT2D eigenvalue weighted by atomic mass is 10.1. The quantitative estimate of drug-likeness (QED) is 0.558. The Morgan fingerprint density at radius 3 is 2.66 bits per heavy atom. The number of amides is 1. The number of nitrogens with zero attached hydrogens (tertiary/aromatic N) is 5. The van der Waals surface area contributed by atoms with Crippen LogP contribution >= 0.6 is 0 Å². The van der Waals surface area contributed by atoms with Gasteiger partial charge in [0.2, 0.25) is 5.89 Å². The van der Waals surface area contributed by atoms with Crippen LogP contribution in [0, 0.1) is 10.1 Å². The van der Waals surface area contributed by atoms with Crippen molar-refractivity contribution in [3.63, 3.8) is 0 Å². The van der Waals surface area contributed by atoms with Crippen molar-refractivity contribution < 1.29 is 14.2 Å². The first-order chi connectivity index (χ1) is 14.0. The molecule has 1 aromatic carbocycles. The fourth-order valence-corrected chi connectivity index (χ4v) is 4.09. The highest BCUT2D eigenvalue weighted by molar-refractivity contribution is 5.99. The second-order valence-electron chi connectivity index (χ2n) is 7.95. The van der Waals surface area contributed by atoms with Crippen molar-refractivity contribution in [1.82, 2.24) is 15.0 Å². The van der Waals surface area contributed by atoms with E-state index in [1.165, 1.54) is 6.07 Å². The van der Waals surface area contributed by atoms with E-state index < -0.39 is 4.92 Å². The molecule has 1 amide bonds. The summed E-state index contributed by atoms with van der Waals surface area (Å²) < 4.78 is 5.36. The predicted octanol–water partition coefficient (Wildman–Crippen LogP) is 3.68. The zero-order chi connectivity index (χ0) is 20.5. The monoisotopic (exact) mass is 399 g/mol. The molecule has 2 aliphatic rings. The summed E-state index contributed by atoms with van der Waals surface area (Å²) in [5, 5.41) is 15.7. The molecule has 154 valence electrons. The molecule has 9 heteroatoms. The van der Waals surface area contributed by atoms with Crippen LogP contribution in [0.1, 0.15) is 73.6 Å². The van der Waals surface area contributed by atoms with Gasteiger partial charge in [0.15, 0.2) is 5.82 Å². The average molecular weight is 399 g/mol. The molecule has 2 aromatic rings. The van der Waals surface area contributed by atoms with Crippen LogP contribution in [-0.2, 0) is 0 Å². The van der Waals surface area contributed by atoms with Crippen LogP contribution in [0.15, 0.2) is 22.7 Å². The van der Waals surface area contributed by atoms with Gasteiger partial charge in [-0.2, -0.15) is 4.98 Å². The molecular formula is C20H25N5O4. The van der Waals surface area contributed by atoms with E-state index in [2.05, 4.69) is 15.0 Å². The number of likely N-dealkylation sites (tertiary alicyclic amines) is 1. The van der Waals surface area contributed by atoms with E-state index in [1.807, 2.05) is 13.8 Å². The van der Waals surface area contributed by atoms with Gasteiger partial charge in [-0.3, -0.25) is 14.9 Å². The maximum absolute atomic E-state index is 12.9. The molecule has 2 fully saturated rings. The van der Waals surface area contributed by atoms with Crippen molar-refractivity contribution in [1.29, 1.82) is 0 Å². The first kappa shape index (κ1) is 19.4. The summed E-state index contributed by atoms with van der Waals surface area (Å²) in [5.41, 5.74) is 0.774. The molecule has 29 heavy (non-hydrogen) atoms. The summed E-state index contributed by atoms with van der Waals surface area (Å²) in [7, 11) is 0. The molecule has 1 unspecified atom stereocenters. The third-order valence-electron chi connectivity index (χ3n) is 5.63. The van der Waals surface area contributed by atoms with Gasteiger partial charge in [0, 0.05) is 37.3 Å².